The fraction of sp³-hybridized carbons (Fsp3) is 0.241. The van der Waals surface area contributed by atoms with Crippen molar-refractivity contribution >= 4 is 16.7 Å². The zero-order valence-electron chi connectivity index (χ0n) is 19.1. The summed E-state index contributed by atoms with van der Waals surface area (Å²) < 4.78 is 6.05. The first kappa shape index (κ1) is 22.1. The van der Waals surface area contributed by atoms with Crippen LogP contribution in [-0.4, -0.2) is 16.9 Å². The largest absolute Gasteiger partial charge is 0.438 e. The summed E-state index contributed by atoms with van der Waals surface area (Å²) in [6.45, 7) is 0.826. The standard InChI is InChI=1S/C29H29N3O2/c30-29(33)23-13-17-28(32-19-23)34-27-16-12-22(25-8-4-5-9-26(25)27)18-31-24-14-10-21(11-15-24)20-6-2-1-3-7-20/h1-9,12-13,16-17,19,21,24,31H,10-11,14-15,18H2,(H2,30,33). The fourth-order valence-corrected chi connectivity index (χ4v) is 4.89. The first-order valence-electron chi connectivity index (χ1n) is 11.9. The van der Waals surface area contributed by atoms with Crippen molar-refractivity contribution in [3.8, 4) is 11.6 Å². The number of hydrogen-bond donors (Lipinski definition) is 2. The van der Waals surface area contributed by atoms with Crippen LogP contribution in [0.4, 0.5) is 0 Å². The zero-order valence-corrected chi connectivity index (χ0v) is 19.1. The summed E-state index contributed by atoms with van der Waals surface area (Å²) in [5.74, 6) is 1.34. The molecule has 1 aliphatic carbocycles. The topological polar surface area (TPSA) is 77.2 Å². The second kappa shape index (κ2) is 10.1. The highest BCUT2D eigenvalue weighted by molar-refractivity contribution is 5.92. The van der Waals surface area contributed by atoms with Crippen LogP contribution in [0, 0.1) is 0 Å². The predicted octanol–water partition coefficient (Wildman–Crippen LogP) is 5.94. The molecule has 1 heterocycles. The van der Waals surface area contributed by atoms with Crippen LogP contribution in [0.3, 0.4) is 0 Å². The van der Waals surface area contributed by atoms with Crippen molar-refractivity contribution in [1.82, 2.24) is 10.3 Å². The van der Waals surface area contributed by atoms with E-state index in [-0.39, 0.29) is 0 Å². The Hall–Kier alpha value is -3.70. The van der Waals surface area contributed by atoms with Gasteiger partial charge < -0.3 is 15.8 Å². The van der Waals surface area contributed by atoms with Gasteiger partial charge in [0.15, 0.2) is 0 Å². The van der Waals surface area contributed by atoms with Gasteiger partial charge in [-0.15, -0.1) is 0 Å². The Morgan fingerprint density at radius 1 is 0.882 bits per heavy atom. The minimum Gasteiger partial charge on any atom is -0.438 e. The third-order valence-electron chi connectivity index (χ3n) is 6.79. The number of hydrogen-bond acceptors (Lipinski definition) is 4. The van der Waals surface area contributed by atoms with Crippen molar-refractivity contribution in [3.05, 3.63) is 102 Å². The highest BCUT2D eigenvalue weighted by Crippen LogP contribution is 2.34. The van der Waals surface area contributed by atoms with Gasteiger partial charge in [-0.05, 0) is 60.2 Å². The van der Waals surface area contributed by atoms with Crippen molar-refractivity contribution in [2.24, 2.45) is 5.73 Å². The summed E-state index contributed by atoms with van der Waals surface area (Å²) in [7, 11) is 0. The van der Waals surface area contributed by atoms with E-state index in [9.17, 15) is 4.79 Å². The van der Waals surface area contributed by atoms with Gasteiger partial charge in [0, 0.05) is 30.2 Å². The summed E-state index contributed by atoms with van der Waals surface area (Å²) in [5.41, 5.74) is 8.38. The monoisotopic (exact) mass is 451 g/mol. The summed E-state index contributed by atoms with van der Waals surface area (Å²) in [5, 5.41) is 5.99. The van der Waals surface area contributed by atoms with Gasteiger partial charge in [-0.1, -0.05) is 60.7 Å². The van der Waals surface area contributed by atoms with Crippen LogP contribution >= 0.6 is 0 Å². The number of ether oxygens (including phenoxy) is 1. The molecule has 1 amide bonds. The Morgan fingerprint density at radius 3 is 2.32 bits per heavy atom. The minimum absolute atomic E-state index is 0.358. The minimum atomic E-state index is -0.505. The van der Waals surface area contributed by atoms with E-state index < -0.39 is 5.91 Å². The Labute approximate surface area is 200 Å². The SMILES string of the molecule is NC(=O)c1ccc(Oc2ccc(CNC3CCC(c4ccccc4)CC3)c3ccccc23)nc1. The molecule has 0 atom stereocenters. The molecule has 1 fully saturated rings. The summed E-state index contributed by atoms with van der Waals surface area (Å²) in [6, 6.07) is 27.1. The normalized spacial score (nSPS) is 18.0. The van der Waals surface area contributed by atoms with Gasteiger partial charge in [0.25, 0.3) is 0 Å². The van der Waals surface area contributed by atoms with Crippen molar-refractivity contribution in [2.45, 2.75) is 44.2 Å². The number of pyridine rings is 1. The molecule has 0 spiro atoms. The smallest absolute Gasteiger partial charge is 0.250 e. The molecule has 0 bridgehead atoms. The van der Waals surface area contributed by atoms with Crippen LogP contribution in [0.5, 0.6) is 11.6 Å². The lowest BCUT2D eigenvalue weighted by Gasteiger charge is -2.29. The predicted molar refractivity (Wildman–Crippen MR) is 135 cm³/mol. The molecular formula is C29H29N3O2. The van der Waals surface area contributed by atoms with Crippen molar-refractivity contribution in [1.29, 1.82) is 0 Å². The number of nitrogens with two attached hydrogens (primary N) is 1. The molecule has 3 N–H and O–H groups in total. The molecule has 1 saturated carbocycles. The van der Waals surface area contributed by atoms with Crippen LogP contribution in [0.25, 0.3) is 10.8 Å². The van der Waals surface area contributed by atoms with Crippen LogP contribution in [0.2, 0.25) is 0 Å². The van der Waals surface area contributed by atoms with E-state index in [1.165, 1.54) is 48.4 Å². The van der Waals surface area contributed by atoms with Crippen LogP contribution in [-0.2, 0) is 6.54 Å². The third-order valence-corrected chi connectivity index (χ3v) is 6.79. The molecule has 5 heteroatoms. The Balaban J connectivity index is 1.25. The second-order valence-electron chi connectivity index (χ2n) is 8.96. The van der Waals surface area contributed by atoms with Gasteiger partial charge in [0.05, 0.1) is 5.56 Å². The van der Waals surface area contributed by atoms with Gasteiger partial charge >= 0.3 is 0 Å². The van der Waals surface area contributed by atoms with Gasteiger partial charge in [0.2, 0.25) is 11.8 Å². The van der Waals surface area contributed by atoms with Gasteiger partial charge in [0.1, 0.15) is 5.75 Å². The number of primary amides is 1. The van der Waals surface area contributed by atoms with E-state index in [1.807, 2.05) is 12.1 Å². The Bertz CT molecular complexity index is 1260. The number of carbonyl (C=O) groups excluding carboxylic acids is 1. The van der Waals surface area contributed by atoms with Gasteiger partial charge in [-0.2, -0.15) is 0 Å². The number of aromatic nitrogens is 1. The number of nitrogens with zero attached hydrogens (tertiary/aromatic N) is 1. The number of nitrogens with one attached hydrogen (secondary N) is 1. The van der Waals surface area contributed by atoms with Crippen molar-refractivity contribution < 1.29 is 9.53 Å². The number of carbonyl (C=O) groups is 1. The molecule has 0 radical (unpaired) electrons. The lowest BCUT2D eigenvalue weighted by atomic mass is 9.82. The molecule has 4 aromatic rings. The molecule has 5 nitrogen and oxygen atoms in total. The maximum atomic E-state index is 11.3. The molecule has 0 unspecified atom stereocenters. The molecular weight excluding hydrogens is 422 g/mol. The summed E-state index contributed by atoms with van der Waals surface area (Å²) in [6.07, 6.45) is 6.30. The van der Waals surface area contributed by atoms with Crippen LogP contribution < -0.4 is 15.8 Å². The van der Waals surface area contributed by atoms with Crippen LogP contribution in [0.1, 0.15) is 53.1 Å². The van der Waals surface area contributed by atoms with Crippen LogP contribution in [0.15, 0.2) is 85.1 Å². The third kappa shape index (κ3) is 4.95. The highest BCUT2D eigenvalue weighted by Gasteiger charge is 2.22. The summed E-state index contributed by atoms with van der Waals surface area (Å²) in [4.78, 5) is 15.5. The van der Waals surface area contributed by atoms with E-state index in [2.05, 4.69) is 64.9 Å². The first-order valence-corrected chi connectivity index (χ1v) is 11.9. The van der Waals surface area contributed by atoms with Crippen molar-refractivity contribution in [2.75, 3.05) is 0 Å². The Kier molecular flexibility index (Phi) is 6.54. The molecule has 1 aromatic heterocycles. The Morgan fingerprint density at radius 2 is 1.62 bits per heavy atom. The average Bonchev–Trinajstić information content (AvgIpc) is 2.89. The van der Waals surface area contributed by atoms with E-state index >= 15 is 0 Å². The molecule has 3 aromatic carbocycles. The number of amides is 1. The summed E-state index contributed by atoms with van der Waals surface area (Å²) >= 11 is 0. The van der Waals surface area contributed by atoms with Crippen molar-refractivity contribution in [3.63, 3.8) is 0 Å². The molecule has 1 aliphatic rings. The van der Waals surface area contributed by atoms with E-state index in [0.717, 1.165) is 17.7 Å². The zero-order chi connectivity index (χ0) is 23.3. The number of rotatable bonds is 7. The number of benzene rings is 3. The maximum absolute atomic E-state index is 11.3. The molecule has 5 rings (SSSR count). The van der Waals surface area contributed by atoms with E-state index in [4.69, 9.17) is 10.5 Å². The molecule has 34 heavy (non-hydrogen) atoms. The number of fused-ring (bicyclic) bond motifs is 1. The molecule has 172 valence electrons. The van der Waals surface area contributed by atoms with Gasteiger partial charge in [-0.25, -0.2) is 4.98 Å². The lowest BCUT2D eigenvalue weighted by Crippen LogP contribution is -2.32. The molecule has 0 saturated heterocycles. The second-order valence-corrected chi connectivity index (χ2v) is 8.96. The van der Waals surface area contributed by atoms with E-state index in [0.29, 0.717) is 23.4 Å². The molecule has 0 aliphatic heterocycles. The maximum Gasteiger partial charge on any atom is 0.250 e. The lowest BCUT2D eigenvalue weighted by molar-refractivity contribution is 0.1000. The average molecular weight is 452 g/mol. The van der Waals surface area contributed by atoms with Gasteiger partial charge in [-0.3, -0.25) is 4.79 Å². The van der Waals surface area contributed by atoms with E-state index in [1.54, 1.807) is 12.1 Å². The quantitative estimate of drug-likeness (QED) is 0.364. The highest BCUT2D eigenvalue weighted by atomic mass is 16.5. The first-order chi connectivity index (χ1) is 16.7. The fourth-order valence-electron chi connectivity index (χ4n) is 4.89.